The first-order chi connectivity index (χ1) is 12.2. The van der Waals surface area contributed by atoms with Crippen molar-refractivity contribution in [3.63, 3.8) is 0 Å². The molecule has 0 aliphatic carbocycles. The van der Waals surface area contributed by atoms with Crippen LogP contribution in [-0.2, 0) is 23.9 Å². The van der Waals surface area contributed by atoms with Gasteiger partial charge in [-0.3, -0.25) is 4.79 Å². The average molecular weight is 363 g/mol. The molecule has 2 aromatic carbocycles. The van der Waals surface area contributed by atoms with Crippen molar-refractivity contribution in [3.05, 3.63) is 71.6 Å². The van der Waals surface area contributed by atoms with Gasteiger partial charge in [0.15, 0.2) is 5.83 Å². The largest absolute Gasteiger partial charge is 0.416 e. The first-order valence-electron chi connectivity index (χ1n) is 8.11. The van der Waals surface area contributed by atoms with Crippen LogP contribution in [0, 0.1) is 0 Å². The van der Waals surface area contributed by atoms with Crippen molar-refractivity contribution < 1.29 is 22.4 Å². The topological polar surface area (TPSA) is 20.3 Å². The Kier molecular flexibility index (Phi) is 4.61. The van der Waals surface area contributed by atoms with Crippen molar-refractivity contribution in [2.24, 2.45) is 0 Å². The number of hydrogen-bond donors (Lipinski definition) is 0. The Balaban J connectivity index is 1.91. The maximum absolute atomic E-state index is 13.2. The molecule has 1 amide bonds. The Morgan fingerprint density at radius 3 is 2.27 bits per heavy atom. The van der Waals surface area contributed by atoms with Gasteiger partial charge in [0.2, 0.25) is 0 Å². The zero-order chi connectivity index (χ0) is 19.1. The monoisotopic (exact) mass is 363 g/mol. The average Bonchev–Trinajstić information content (AvgIpc) is 2.59. The molecule has 0 fully saturated rings. The third-order valence-corrected chi connectivity index (χ3v) is 4.63. The number of nitrogens with zero attached hydrogens (tertiary/aromatic N) is 1. The lowest BCUT2D eigenvalue weighted by Crippen LogP contribution is -2.42. The molecule has 136 valence electrons. The highest BCUT2D eigenvalue weighted by molar-refractivity contribution is 5.91. The van der Waals surface area contributed by atoms with Crippen LogP contribution in [0.2, 0.25) is 0 Å². The quantitative estimate of drug-likeness (QED) is 0.535. The van der Waals surface area contributed by atoms with Crippen molar-refractivity contribution in [2.75, 3.05) is 0 Å². The molecule has 1 unspecified atom stereocenters. The summed E-state index contributed by atoms with van der Waals surface area (Å²) >= 11 is 0. The van der Waals surface area contributed by atoms with E-state index in [0.29, 0.717) is 12.0 Å². The highest BCUT2D eigenvalue weighted by Gasteiger charge is 2.30. The van der Waals surface area contributed by atoms with Crippen LogP contribution < -0.4 is 0 Å². The van der Waals surface area contributed by atoms with Crippen LogP contribution >= 0.6 is 0 Å². The minimum atomic E-state index is -4.37. The number of carbonyl (C=O) groups is 1. The van der Waals surface area contributed by atoms with E-state index < -0.39 is 23.5 Å². The van der Waals surface area contributed by atoms with Gasteiger partial charge in [-0.25, -0.2) is 4.39 Å². The molecule has 3 rings (SSSR count). The van der Waals surface area contributed by atoms with E-state index in [9.17, 15) is 22.4 Å². The number of amides is 1. The number of alkyl halides is 3. The fraction of sp³-hybridized carbons (Fsp3) is 0.250. The SMILES string of the molecule is C=C(F)C(=O)N1Cc2cc(-c3ccc(C(F)(F)F)cc3)ccc2CC1C. The minimum absolute atomic E-state index is 0.153. The summed E-state index contributed by atoms with van der Waals surface area (Å²) in [6, 6.07) is 10.4. The van der Waals surface area contributed by atoms with Gasteiger partial charge in [-0.15, -0.1) is 0 Å². The van der Waals surface area contributed by atoms with Crippen LogP contribution in [-0.4, -0.2) is 16.8 Å². The molecule has 1 aliphatic heterocycles. The van der Waals surface area contributed by atoms with Gasteiger partial charge in [0.25, 0.3) is 5.91 Å². The molecule has 1 heterocycles. The summed E-state index contributed by atoms with van der Waals surface area (Å²) in [5, 5.41) is 0. The minimum Gasteiger partial charge on any atom is -0.329 e. The second-order valence-corrected chi connectivity index (χ2v) is 6.45. The Bertz CT molecular complexity index is 855. The van der Waals surface area contributed by atoms with Gasteiger partial charge in [-0.1, -0.05) is 30.8 Å². The van der Waals surface area contributed by atoms with Crippen LogP contribution in [0.25, 0.3) is 11.1 Å². The smallest absolute Gasteiger partial charge is 0.329 e. The Labute approximate surface area is 148 Å². The molecule has 1 aliphatic rings. The number of fused-ring (bicyclic) bond motifs is 1. The van der Waals surface area contributed by atoms with Crippen LogP contribution in [0.3, 0.4) is 0 Å². The van der Waals surface area contributed by atoms with E-state index in [2.05, 4.69) is 6.58 Å². The van der Waals surface area contributed by atoms with Crippen molar-refractivity contribution in [1.82, 2.24) is 4.90 Å². The Morgan fingerprint density at radius 2 is 1.69 bits per heavy atom. The van der Waals surface area contributed by atoms with Gasteiger partial charge in [0.1, 0.15) is 0 Å². The van der Waals surface area contributed by atoms with Gasteiger partial charge in [-0.05, 0) is 53.8 Å². The third-order valence-electron chi connectivity index (χ3n) is 4.63. The molecule has 0 bridgehead atoms. The summed E-state index contributed by atoms with van der Waals surface area (Å²) < 4.78 is 51.3. The van der Waals surface area contributed by atoms with E-state index in [4.69, 9.17) is 0 Å². The van der Waals surface area contributed by atoms with Crippen LogP contribution in [0.5, 0.6) is 0 Å². The maximum atomic E-state index is 13.2. The Morgan fingerprint density at radius 1 is 1.08 bits per heavy atom. The summed E-state index contributed by atoms with van der Waals surface area (Å²) in [5.41, 5.74) is 2.59. The summed E-state index contributed by atoms with van der Waals surface area (Å²) in [5.74, 6) is -1.73. The van der Waals surface area contributed by atoms with Gasteiger partial charge < -0.3 is 4.90 Å². The lowest BCUT2D eigenvalue weighted by molar-refractivity contribution is -0.137. The molecule has 1 atom stereocenters. The second kappa shape index (κ2) is 6.59. The van der Waals surface area contributed by atoms with Crippen LogP contribution in [0.15, 0.2) is 54.9 Å². The second-order valence-electron chi connectivity index (χ2n) is 6.45. The number of rotatable bonds is 2. The molecule has 0 aromatic heterocycles. The zero-order valence-corrected chi connectivity index (χ0v) is 14.1. The van der Waals surface area contributed by atoms with Gasteiger partial charge in [-0.2, -0.15) is 13.2 Å². The molecule has 0 saturated carbocycles. The summed E-state index contributed by atoms with van der Waals surface area (Å²) in [6.45, 7) is 5.15. The number of hydrogen-bond acceptors (Lipinski definition) is 1. The maximum Gasteiger partial charge on any atom is 0.416 e. The van der Waals surface area contributed by atoms with Crippen LogP contribution in [0.1, 0.15) is 23.6 Å². The molecule has 0 spiro atoms. The van der Waals surface area contributed by atoms with Crippen molar-refractivity contribution in [2.45, 2.75) is 32.1 Å². The predicted octanol–water partition coefficient (Wildman–Crippen LogP) is 5.13. The lowest BCUT2D eigenvalue weighted by Gasteiger charge is -2.34. The highest BCUT2D eigenvalue weighted by Crippen LogP contribution is 2.33. The van der Waals surface area contributed by atoms with Crippen molar-refractivity contribution >= 4 is 5.91 Å². The van der Waals surface area contributed by atoms with E-state index in [1.807, 2.05) is 25.1 Å². The summed E-state index contributed by atoms with van der Waals surface area (Å²) in [6.07, 6.45) is -3.79. The molecular weight excluding hydrogens is 346 g/mol. The fourth-order valence-corrected chi connectivity index (χ4v) is 3.20. The summed E-state index contributed by atoms with van der Waals surface area (Å²) in [7, 11) is 0. The number of benzene rings is 2. The lowest BCUT2D eigenvalue weighted by atomic mass is 9.91. The van der Waals surface area contributed by atoms with Gasteiger partial charge in [0, 0.05) is 12.6 Å². The molecule has 0 N–H and O–H groups in total. The third kappa shape index (κ3) is 3.49. The first-order valence-corrected chi connectivity index (χ1v) is 8.11. The Hall–Kier alpha value is -2.63. The summed E-state index contributed by atoms with van der Waals surface area (Å²) in [4.78, 5) is 13.4. The van der Waals surface area contributed by atoms with E-state index in [0.717, 1.165) is 28.8 Å². The molecular formula is C20H17F4NO. The molecule has 2 nitrogen and oxygen atoms in total. The van der Waals surface area contributed by atoms with Crippen molar-refractivity contribution in [1.29, 1.82) is 0 Å². The standard InChI is InChI=1S/C20H17F4NO/c1-12-9-15-3-4-16(10-17(15)11-25(12)19(26)13(2)21)14-5-7-18(8-6-14)20(22,23)24/h3-8,10,12H,2,9,11H2,1H3. The van der Waals surface area contributed by atoms with Gasteiger partial charge >= 0.3 is 6.18 Å². The normalized spacial score (nSPS) is 17.0. The van der Waals surface area contributed by atoms with Crippen molar-refractivity contribution in [3.8, 4) is 11.1 Å². The van der Waals surface area contributed by atoms with Crippen LogP contribution in [0.4, 0.5) is 17.6 Å². The van der Waals surface area contributed by atoms with E-state index in [-0.39, 0.29) is 12.6 Å². The zero-order valence-electron chi connectivity index (χ0n) is 14.1. The van der Waals surface area contributed by atoms with E-state index in [1.165, 1.54) is 17.0 Å². The highest BCUT2D eigenvalue weighted by atomic mass is 19.4. The van der Waals surface area contributed by atoms with Gasteiger partial charge in [0.05, 0.1) is 5.56 Å². The van der Waals surface area contributed by atoms with E-state index >= 15 is 0 Å². The fourth-order valence-electron chi connectivity index (χ4n) is 3.20. The van der Waals surface area contributed by atoms with E-state index in [1.54, 1.807) is 0 Å². The molecule has 26 heavy (non-hydrogen) atoms. The molecule has 0 saturated heterocycles. The molecule has 6 heteroatoms. The number of halogens is 4. The predicted molar refractivity (Wildman–Crippen MR) is 90.8 cm³/mol. The first kappa shape index (κ1) is 18.2. The molecule has 2 aromatic rings. The number of carbonyl (C=O) groups excluding carboxylic acids is 1. The molecule has 0 radical (unpaired) electrons.